The third-order valence-corrected chi connectivity index (χ3v) is 6.43. The number of nitrogens with two attached hydrogens (primary N) is 1. The molecule has 0 radical (unpaired) electrons. The van der Waals surface area contributed by atoms with Crippen LogP contribution in [0.15, 0.2) is 158 Å². The number of anilines is 3. The average Bonchev–Trinajstić information content (AvgIpc) is 3.07. The molecular weight excluding hydrogens is 630 g/mol. The third kappa shape index (κ3) is 11.2. The Morgan fingerprint density at radius 1 is 0.532 bits per heavy atom. The maximum Gasteiger partial charge on any atom is 1.00 e. The SMILES string of the molecule is Nc1ccccc1.O=[N+]([O-])c1cccc(-c2ccccc2)c1F.O=[N+]([O-])c1cccc(-c2ccccc2)c1Nc1ccccc1.[F-].[K+]. The molecule has 0 bridgehead atoms. The van der Waals surface area contributed by atoms with E-state index in [4.69, 9.17) is 5.73 Å². The number of nitro groups is 2. The molecule has 0 amide bonds. The fourth-order valence-electron chi connectivity index (χ4n) is 4.30. The fourth-order valence-corrected chi connectivity index (χ4v) is 4.30. The van der Waals surface area contributed by atoms with E-state index in [2.05, 4.69) is 5.32 Å². The molecule has 0 aliphatic rings. The van der Waals surface area contributed by atoms with Gasteiger partial charge in [0.2, 0.25) is 5.82 Å². The molecule has 232 valence electrons. The van der Waals surface area contributed by atoms with Gasteiger partial charge in [-0.15, -0.1) is 0 Å². The van der Waals surface area contributed by atoms with E-state index in [0.717, 1.165) is 28.6 Å². The van der Waals surface area contributed by atoms with Crippen LogP contribution in [0.3, 0.4) is 0 Å². The van der Waals surface area contributed by atoms with Crippen molar-refractivity contribution in [3.8, 4) is 22.3 Å². The predicted molar refractivity (Wildman–Crippen MR) is 178 cm³/mol. The van der Waals surface area contributed by atoms with Gasteiger partial charge < -0.3 is 15.8 Å². The molecule has 0 atom stereocenters. The summed E-state index contributed by atoms with van der Waals surface area (Å²) in [6.07, 6.45) is 0. The summed E-state index contributed by atoms with van der Waals surface area (Å²) in [5.74, 6) is -0.793. The summed E-state index contributed by atoms with van der Waals surface area (Å²) in [5.41, 5.74) is 9.67. The first-order valence-corrected chi connectivity index (χ1v) is 13.8. The predicted octanol–water partition coefficient (Wildman–Crippen LogP) is 3.68. The molecule has 0 heterocycles. The van der Waals surface area contributed by atoms with Crippen molar-refractivity contribution in [2.75, 3.05) is 11.1 Å². The molecule has 0 aliphatic carbocycles. The molecule has 0 aromatic heterocycles. The van der Waals surface area contributed by atoms with Gasteiger partial charge in [0.15, 0.2) is 0 Å². The fraction of sp³-hybridized carbons (Fsp3) is 0. The van der Waals surface area contributed by atoms with Gasteiger partial charge in [0.25, 0.3) is 5.69 Å². The normalized spacial score (nSPS) is 9.47. The van der Waals surface area contributed by atoms with Crippen molar-refractivity contribution in [2.45, 2.75) is 0 Å². The molecule has 0 saturated carbocycles. The summed E-state index contributed by atoms with van der Waals surface area (Å²) >= 11 is 0. The van der Waals surface area contributed by atoms with Crippen LogP contribution in [0.1, 0.15) is 0 Å². The Morgan fingerprint density at radius 2 is 0.936 bits per heavy atom. The van der Waals surface area contributed by atoms with Crippen LogP contribution in [-0.2, 0) is 0 Å². The van der Waals surface area contributed by atoms with Crippen molar-refractivity contribution in [3.63, 3.8) is 0 Å². The second kappa shape index (κ2) is 19.7. The van der Waals surface area contributed by atoms with E-state index < -0.39 is 16.4 Å². The van der Waals surface area contributed by atoms with Gasteiger partial charge in [0.1, 0.15) is 5.69 Å². The Labute approximate surface area is 313 Å². The Kier molecular flexibility index (Phi) is 16.1. The molecule has 8 nitrogen and oxygen atoms in total. The maximum absolute atomic E-state index is 13.8. The van der Waals surface area contributed by atoms with Crippen LogP contribution < -0.4 is 67.1 Å². The topological polar surface area (TPSA) is 124 Å². The summed E-state index contributed by atoms with van der Waals surface area (Å²) in [6.45, 7) is 0. The number of benzene rings is 6. The zero-order valence-electron chi connectivity index (χ0n) is 25.4. The number of hydrogen-bond acceptors (Lipinski definition) is 6. The van der Waals surface area contributed by atoms with E-state index in [1.54, 1.807) is 36.4 Å². The van der Waals surface area contributed by atoms with Crippen LogP contribution in [-0.4, -0.2) is 9.85 Å². The average molecular weight is 659 g/mol. The molecule has 6 aromatic carbocycles. The summed E-state index contributed by atoms with van der Waals surface area (Å²) in [5, 5.41) is 25.1. The van der Waals surface area contributed by atoms with E-state index in [-0.39, 0.29) is 72.3 Å². The molecule has 0 aliphatic heterocycles. The van der Waals surface area contributed by atoms with Gasteiger partial charge in [-0.3, -0.25) is 20.2 Å². The Hall–Kier alpha value is -4.78. The molecule has 3 N–H and O–H groups in total. The van der Waals surface area contributed by atoms with E-state index in [0.29, 0.717) is 11.3 Å². The van der Waals surface area contributed by atoms with Crippen molar-refractivity contribution in [1.82, 2.24) is 0 Å². The van der Waals surface area contributed by atoms with Crippen molar-refractivity contribution in [1.29, 1.82) is 0 Å². The van der Waals surface area contributed by atoms with Gasteiger partial charge in [0.05, 0.1) is 9.85 Å². The molecule has 47 heavy (non-hydrogen) atoms. The van der Waals surface area contributed by atoms with Crippen molar-refractivity contribution in [3.05, 3.63) is 184 Å². The van der Waals surface area contributed by atoms with Crippen LogP contribution in [0.4, 0.5) is 32.8 Å². The van der Waals surface area contributed by atoms with Gasteiger partial charge in [0, 0.05) is 34.6 Å². The second-order valence-electron chi connectivity index (χ2n) is 9.49. The minimum Gasteiger partial charge on any atom is -1.00 e. The van der Waals surface area contributed by atoms with Crippen LogP contribution in [0.5, 0.6) is 0 Å². The molecule has 0 fully saturated rings. The molecule has 11 heteroatoms. The van der Waals surface area contributed by atoms with Gasteiger partial charge in [-0.25, -0.2) is 0 Å². The molecule has 0 unspecified atom stereocenters. The van der Waals surface area contributed by atoms with Crippen LogP contribution in [0, 0.1) is 26.0 Å². The molecule has 0 saturated heterocycles. The standard InChI is InChI=1S/C18H14N2O2.C12H8FNO2.C6H7N.FH.K/c21-20(22)17-13-7-12-16(14-8-3-1-4-9-14)18(17)19-15-10-5-2-6-11-15;13-12-10(9-5-2-1-3-6-9)7-4-8-11(12)14(15)16;7-6-4-2-1-3-5-6;;/h1-13,19H;1-8H;1-5H,7H2;1H;/q;;;;+1/p-1. The number of nitrogen functional groups attached to an aromatic ring is 1. The number of halogens is 2. The first kappa shape index (κ1) is 38.4. The zero-order chi connectivity index (χ0) is 32.0. The first-order valence-electron chi connectivity index (χ1n) is 13.8. The molecule has 6 rings (SSSR count). The maximum atomic E-state index is 13.8. The number of rotatable bonds is 6. The zero-order valence-corrected chi connectivity index (χ0v) is 28.5. The number of para-hydroxylation sites is 3. The van der Waals surface area contributed by atoms with Crippen LogP contribution >= 0.6 is 0 Å². The van der Waals surface area contributed by atoms with Crippen molar-refractivity contribution in [2.24, 2.45) is 0 Å². The largest absolute Gasteiger partial charge is 1.00 e. The second-order valence-corrected chi connectivity index (χ2v) is 9.49. The molecule has 6 aromatic rings. The van der Waals surface area contributed by atoms with E-state index in [1.807, 2.05) is 97.1 Å². The minimum absolute atomic E-state index is 0. The Morgan fingerprint density at radius 3 is 1.38 bits per heavy atom. The van der Waals surface area contributed by atoms with E-state index in [9.17, 15) is 24.6 Å². The number of hydrogen-bond donors (Lipinski definition) is 2. The van der Waals surface area contributed by atoms with Crippen molar-refractivity contribution < 1.29 is 70.3 Å². The van der Waals surface area contributed by atoms with Crippen LogP contribution in [0.2, 0.25) is 0 Å². The van der Waals surface area contributed by atoms with Crippen molar-refractivity contribution >= 4 is 28.4 Å². The van der Waals surface area contributed by atoms with Crippen LogP contribution in [0.25, 0.3) is 22.3 Å². The van der Waals surface area contributed by atoms with Gasteiger partial charge in [-0.05, 0) is 35.4 Å². The Balaban J connectivity index is 0.000000269. The monoisotopic (exact) mass is 658 g/mol. The first-order chi connectivity index (χ1) is 21.8. The Bertz CT molecular complexity index is 1850. The quantitative estimate of drug-likeness (QED) is 0.122. The van der Waals surface area contributed by atoms with E-state index in [1.165, 1.54) is 18.2 Å². The van der Waals surface area contributed by atoms with E-state index >= 15 is 0 Å². The molecule has 0 spiro atoms. The van der Waals surface area contributed by atoms with Gasteiger partial charge in [-0.1, -0.05) is 121 Å². The summed E-state index contributed by atoms with van der Waals surface area (Å²) in [7, 11) is 0. The van der Waals surface area contributed by atoms with Gasteiger partial charge >= 0.3 is 57.1 Å². The minimum atomic E-state index is -0.793. The summed E-state index contributed by atoms with van der Waals surface area (Å²) < 4.78 is 13.8. The van der Waals surface area contributed by atoms with Gasteiger partial charge in [-0.2, -0.15) is 4.39 Å². The molecular formula is C36H29F2KN4O4. The number of nitro benzene ring substituents is 2. The number of nitrogens with one attached hydrogen (secondary N) is 1. The smallest absolute Gasteiger partial charge is 1.00 e. The number of nitrogens with zero attached hydrogens (tertiary/aromatic N) is 2. The summed E-state index contributed by atoms with van der Waals surface area (Å²) in [4.78, 5) is 20.8. The summed E-state index contributed by atoms with van der Waals surface area (Å²) in [6, 6.07) is 46.6. The third-order valence-electron chi connectivity index (χ3n) is 6.43.